The highest BCUT2D eigenvalue weighted by Crippen LogP contribution is 2.32. The number of hydrogen-bond donors (Lipinski definition) is 0. The normalized spacial score (nSPS) is 15.2. The smallest absolute Gasteiger partial charge is 0.225 e. The Balaban J connectivity index is 0.000000603. The van der Waals surface area contributed by atoms with Crippen molar-refractivity contribution in [1.29, 1.82) is 0 Å². The lowest BCUT2D eigenvalue weighted by atomic mass is 9.98. The maximum absolute atomic E-state index is 14.6. The number of benzene rings is 1. The molecule has 1 unspecified atom stereocenters. The van der Waals surface area contributed by atoms with Gasteiger partial charge in [0, 0.05) is 47.9 Å². The van der Waals surface area contributed by atoms with Crippen LogP contribution in [-0.4, -0.2) is 43.7 Å². The average molecular weight is 559 g/mol. The minimum atomic E-state index is -0.645. The molecule has 38 heavy (non-hydrogen) atoms. The fourth-order valence-corrected chi connectivity index (χ4v) is 5.53. The van der Waals surface area contributed by atoms with E-state index in [4.69, 9.17) is 4.74 Å². The third-order valence-electron chi connectivity index (χ3n) is 6.36. The van der Waals surface area contributed by atoms with Gasteiger partial charge in [-0.1, -0.05) is 18.3 Å². The summed E-state index contributed by atoms with van der Waals surface area (Å²) in [5.41, 5.74) is 1.88. The molecule has 0 aliphatic carbocycles. The van der Waals surface area contributed by atoms with Gasteiger partial charge in [-0.05, 0) is 62.0 Å². The first-order valence-electron chi connectivity index (χ1n) is 12.9. The summed E-state index contributed by atoms with van der Waals surface area (Å²) in [6.45, 7) is 5.40. The van der Waals surface area contributed by atoms with Crippen LogP contribution < -0.4 is 9.64 Å². The van der Waals surface area contributed by atoms with E-state index in [1.54, 1.807) is 6.20 Å². The summed E-state index contributed by atoms with van der Waals surface area (Å²) in [5.74, 6) is -0.299. The molecule has 0 amide bonds. The lowest BCUT2D eigenvalue weighted by molar-refractivity contribution is 0.291. The molecule has 0 bridgehead atoms. The topological polar surface area (TPSA) is 76.9 Å². The van der Waals surface area contributed by atoms with Crippen LogP contribution in [0.2, 0.25) is 0 Å². The van der Waals surface area contributed by atoms with E-state index in [9.17, 15) is 8.78 Å². The number of aryl methyl sites for hydroxylation is 2. The summed E-state index contributed by atoms with van der Waals surface area (Å²) in [6.07, 6.45) is 12.2. The molecule has 1 saturated heterocycles. The first kappa shape index (κ1) is 28.0. The highest BCUT2D eigenvalue weighted by atomic mass is 32.1. The lowest BCUT2D eigenvalue weighted by Crippen LogP contribution is -2.40. The number of hydrogen-bond acceptors (Lipinski definition) is 9. The third-order valence-corrected chi connectivity index (χ3v) is 7.70. The van der Waals surface area contributed by atoms with Crippen molar-refractivity contribution in [2.45, 2.75) is 64.8 Å². The molecule has 0 N–H and O–H groups in total. The minimum absolute atomic E-state index is 0.0843. The Hall–Kier alpha value is -3.05. The second-order valence-electron chi connectivity index (χ2n) is 8.93. The highest BCUT2D eigenvalue weighted by Gasteiger charge is 2.24. The van der Waals surface area contributed by atoms with Crippen LogP contribution in [0.1, 0.15) is 57.2 Å². The van der Waals surface area contributed by atoms with Crippen LogP contribution in [0.15, 0.2) is 41.5 Å². The molecular formula is C27H32F2N6OS2. The Bertz CT molecular complexity index is 1210. The van der Waals surface area contributed by atoms with Gasteiger partial charge >= 0.3 is 0 Å². The summed E-state index contributed by atoms with van der Waals surface area (Å²) in [5, 5.41) is 7.50. The summed E-state index contributed by atoms with van der Waals surface area (Å²) in [7, 11) is 0. The van der Waals surface area contributed by atoms with Crippen molar-refractivity contribution in [2.24, 2.45) is 0 Å². The monoisotopic (exact) mass is 558 g/mol. The Kier molecular flexibility index (Phi) is 10.5. The maximum Gasteiger partial charge on any atom is 0.225 e. The number of nitrogens with zero attached hydrogens (tertiary/aromatic N) is 6. The molecule has 1 atom stereocenters. The number of halogens is 2. The molecule has 11 heteroatoms. The van der Waals surface area contributed by atoms with E-state index in [-0.39, 0.29) is 11.3 Å². The van der Waals surface area contributed by atoms with Gasteiger partial charge in [0.15, 0.2) is 0 Å². The van der Waals surface area contributed by atoms with Crippen molar-refractivity contribution in [3.05, 3.63) is 64.4 Å². The number of rotatable bonds is 9. The molecule has 1 aliphatic rings. The summed E-state index contributed by atoms with van der Waals surface area (Å²) in [4.78, 5) is 15.7. The van der Waals surface area contributed by atoms with Crippen LogP contribution in [-0.2, 0) is 12.8 Å². The Morgan fingerprint density at radius 3 is 2.47 bits per heavy atom. The number of anilines is 1. The lowest BCUT2D eigenvalue weighted by Gasteiger charge is -2.36. The molecular weight excluding hydrogens is 526 g/mol. The van der Waals surface area contributed by atoms with E-state index >= 15 is 0 Å². The zero-order valence-electron chi connectivity index (χ0n) is 21.6. The van der Waals surface area contributed by atoms with Crippen LogP contribution in [0.3, 0.4) is 0 Å². The van der Waals surface area contributed by atoms with Gasteiger partial charge < -0.3 is 9.64 Å². The number of ether oxygens (including phenoxy) is 1. The predicted octanol–water partition coefficient (Wildman–Crippen LogP) is 6.76. The fraction of sp³-hybridized carbons (Fsp3) is 0.444. The van der Waals surface area contributed by atoms with Crippen molar-refractivity contribution in [1.82, 2.24) is 24.5 Å². The molecule has 7 nitrogen and oxygen atoms in total. The van der Waals surface area contributed by atoms with Crippen molar-refractivity contribution in [2.75, 3.05) is 18.1 Å². The standard InChI is InChI=1S/C25H30F2N4OS.C2H2N2S/c1-3-17-14-28-25(29-15-17)31-10-6-5-8-19(31)9-7-11-32-20-12-21(26)23(22(27)13-20)24-30-18(4-2)16-33-24;1-2-5-4-3-1/h12-16,19H,3-11H2,1-2H3;1-2H. The second-order valence-corrected chi connectivity index (χ2v) is 10.4. The zero-order chi connectivity index (χ0) is 26.7. The molecule has 1 fully saturated rings. The number of aromatic nitrogens is 5. The largest absolute Gasteiger partial charge is 0.493 e. The molecule has 0 saturated carbocycles. The van der Waals surface area contributed by atoms with Crippen LogP contribution in [0.5, 0.6) is 5.75 Å². The minimum Gasteiger partial charge on any atom is -0.493 e. The molecule has 4 heterocycles. The van der Waals surface area contributed by atoms with Crippen molar-refractivity contribution < 1.29 is 13.5 Å². The summed E-state index contributed by atoms with van der Waals surface area (Å²) < 4.78 is 38.5. The Morgan fingerprint density at radius 1 is 1.08 bits per heavy atom. The quantitative estimate of drug-likeness (QED) is 0.210. The Morgan fingerprint density at radius 2 is 1.87 bits per heavy atom. The summed E-state index contributed by atoms with van der Waals surface area (Å²) in [6, 6.07) is 2.85. The average Bonchev–Trinajstić information content (AvgIpc) is 3.67. The van der Waals surface area contributed by atoms with Crippen LogP contribution >= 0.6 is 22.9 Å². The van der Waals surface area contributed by atoms with Crippen LogP contribution in [0, 0.1) is 11.6 Å². The molecule has 1 aromatic carbocycles. The van der Waals surface area contributed by atoms with Crippen molar-refractivity contribution in [3.63, 3.8) is 0 Å². The van der Waals surface area contributed by atoms with Gasteiger partial charge in [0.25, 0.3) is 0 Å². The molecule has 1 aliphatic heterocycles. The Labute approximate surface area is 230 Å². The molecule has 3 aromatic heterocycles. The van der Waals surface area contributed by atoms with E-state index in [0.29, 0.717) is 17.7 Å². The maximum atomic E-state index is 14.6. The zero-order valence-corrected chi connectivity index (χ0v) is 23.3. The first-order chi connectivity index (χ1) is 18.6. The molecule has 0 spiro atoms. The van der Waals surface area contributed by atoms with E-state index in [2.05, 4.69) is 36.4 Å². The van der Waals surface area contributed by atoms with Crippen LogP contribution in [0.4, 0.5) is 14.7 Å². The van der Waals surface area contributed by atoms with Gasteiger partial charge in [-0.2, -0.15) is 0 Å². The van der Waals surface area contributed by atoms with E-state index in [0.717, 1.165) is 62.3 Å². The first-order valence-corrected chi connectivity index (χ1v) is 14.7. The molecule has 0 radical (unpaired) electrons. The SMILES string of the molecule is CCc1cnc(N2CCCCC2CCCOc2cc(F)c(-c3nc(CC)cs3)c(F)c2)nc1.c1csnn1. The highest BCUT2D eigenvalue weighted by molar-refractivity contribution is 7.13. The van der Waals surface area contributed by atoms with Gasteiger partial charge in [-0.25, -0.2) is 23.7 Å². The van der Waals surface area contributed by atoms with Gasteiger partial charge in [-0.15, -0.1) is 16.4 Å². The molecule has 4 aromatic rings. The second kappa shape index (κ2) is 14.2. The van der Waals surface area contributed by atoms with E-state index in [1.165, 1.54) is 41.4 Å². The van der Waals surface area contributed by atoms with Gasteiger partial charge in [0.2, 0.25) is 5.95 Å². The number of piperidine rings is 1. The van der Waals surface area contributed by atoms with Gasteiger partial charge in [0.05, 0.1) is 24.1 Å². The predicted molar refractivity (Wildman–Crippen MR) is 148 cm³/mol. The molecule has 5 rings (SSSR count). The van der Waals surface area contributed by atoms with Crippen molar-refractivity contribution >= 4 is 28.8 Å². The van der Waals surface area contributed by atoms with Crippen molar-refractivity contribution in [3.8, 4) is 16.3 Å². The van der Waals surface area contributed by atoms with E-state index in [1.807, 2.05) is 30.1 Å². The van der Waals surface area contributed by atoms with Gasteiger partial charge in [0.1, 0.15) is 22.4 Å². The summed E-state index contributed by atoms with van der Waals surface area (Å²) >= 11 is 2.60. The van der Waals surface area contributed by atoms with Gasteiger partial charge in [-0.3, -0.25) is 0 Å². The fourth-order valence-electron chi connectivity index (χ4n) is 4.31. The van der Waals surface area contributed by atoms with E-state index < -0.39 is 11.6 Å². The third kappa shape index (κ3) is 7.50. The molecule has 202 valence electrons. The number of thiazole rings is 1. The van der Waals surface area contributed by atoms with Crippen LogP contribution in [0.25, 0.3) is 10.6 Å².